The van der Waals surface area contributed by atoms with Gasteiger partial charge in [-0.1, -0.05) is 11.6 Å². The summed E-state index contributed by atoms with van der Waals surface area (Å²) in [4.78, 5) is 34.1. The lowest BCUT2D eigenvalue weighted by Gasteiger charge is -2.09. The number of ether oxygens (including phenoxy) is 1. The summed E-state index contributed by atoms with van der Waals surface area (Å²) in [5, 5.41) is 13.9. The highest BCUT2D eigenvalue weighted by Gasteiger charge is 2.16. The summed E-state index contributed by atoms with van der Waals surface area (Å²) in [6, 6.07) is 8.84. The molecule has 1 amide bonds. The maximum absolute atomic E-state index is 12.0. The van der Waals surface area contributed by atoms with Gasteiger partial charge >= 0.3 is 5.97 Å². The zero-order chi connectivity index (χ0) is 18.6. The molecule has 25 heavy (non-hydrogen) atoms. The Labute approximate surface area is 148 Å². The molecule has 0 fully saturated rings. The number of halogens is 1. The molecule has 0 saturated carbocycles. The number of esters is 1. The number of carbonyl (C=O) groups is 2. The molecule has 0 atom stereocenters. The van der Waals surface area contributed by atoms with E-state index >= 15 is 0 Å². The first-order chi connectivity index (χ1) is 11.8. The average Bonchev–Trinajstić information content (AvgIpc) is 2.54. The highest BCUT2D eigenvalue weighted by molar-refractivity contribution is 6.30. The number of amides is 1. The molecular formula is C17H15ClN2O5. The van der Waals surface area contributed by atoms with Crippen LogP contribution in [0.3, 0.4) is 0 Å². The number of hydrogen-bond donors (Lipinski definition) is 1. The van der Waals surface area contributed by atoms with Crippen LogP contribution < -0.4 is 5.32 Å². The van der Waals surface area contributed by atoms with Crippen LogP contribution in [-0.4, -0.2) is 23.4 Å². The molecule has 2 aromatic carbocycles. The fraction of sp³-hybridized carbons (Fsp3) is 0.176. The lowest BCUT2D eigenvalue weighted by atomic mass is 10.1. The van der Waals surface area contributed by atoms with Crippen molar-refractivity contribution in [2.75, 3.05) is 11.9 Å². The fourth-order valence-electron chi connectivity index (χ4n) is 2.16. The molecule has 0 radical (unpaired) electrons. The minimum absolute atomic E-state index is 0.0903. The van der Waals surface area contributed by atoms with Gasteiger partial charge in [0.25, 0.3) is 11.6 Å². The summed E-state index contributed by atoms with van der Waals surface area (Å²) < 4.78 is 4.93. The second-order valence-electron chi connectivity index (χ2n) is 5.34. The van der Waals surface area contributed by atoms with Gasteiger partial charge in [0, 0.05) is 22.3 Å². The summed E-state index contributed by atoms with van der Waals surface area (Å²) in [6.45, 7) is 2.83. The normalized spacial score (nSPS) is 10.2. The van der Waals surface area contributed by atoms with Gasteiger partial charge in [0.1, 0.15) is 0 Å². The molecule has 0 bridgehead atoms. The molecule has 0 unspecified atom stereocenters. The van der Waals surface area contributed by atoms with Crippen molar-refractivity contribution in [2.24, 2.45) is 0 Å². The van der Waals surface area contributed by atoms with E-state index in [0.717, 1.165) is 5.56 Å². The third-order valence-corrected chi connectivity index (χ3v) is 3.66. The van der Waals surface area contributed by atoms with Crippen molar-refractivity contribution >= 4 is 34.9 Å². The summed E-state index contributed by atoms with van der Waals surface area (Å²) in [6.07, 6.45) is 0. The van der Waals surface area contributed by atoms with Gasteiger partial charge in [-0.15, -0.1) is 0 Å². The minimum atomic E-state index is -0.735. The number of benzene rings is 2. The smallest absolute Gasteiger partial charge is 0.338 e. The van der Waals surface area contributed by atoms with Gasteiger partial charge in [-0.2, -0.15) is 0 Å². The Bertz CT molecular complexity index is 851. The Kier molecular flexibility index (Phi) is 5.71. The number of nitrogens with zero attached hydrogens (tertiary/aromatic N) is 1. The van der Waals surface area contributed by atoms with Crippen molar-refractivity contribution < 1.29 is 19.2 Å². The maximum atomic E-state index is 12.0. The Balaban J connectivity index is 1.96. The Morgan fingerprint density at radius 2 is 1.88 bits per heavy atom. The van der Waals surface area contributed by atoms with Crippen LogP contribution in [0, 0.1) is 24.0 Å². The Morgan fingerprint density at radius 1 is 1.16 bits per heavy atom. The van der Waals surface area contributed by atoms with E-state index in [1.165, 1.54) is 25.1 Å². The summed E-state index contributed by atoms with van der Waals surface area (Å²) >= 11 is 5.84. The van der Waals surface area contributed by atoms with E-state index in [4.69, 9.17) is 16.3 Å². The van der Waals surface area contributed by atoms with Gasteiger partial charge in [0.2, 0.25) is 0 Å². The molecule has 0 saturated heterocycles. The quantitative estimate of drug-likeness (QED) is 0.497. The van der Waals surface area contributed by atoms with Gasteiger partial charge in [-0.3, -0.25) is 14.9 Å². The number of nitro groups is 1. The first-order valence-electron chi connectivity index (χ1n) is 7.26. The monoisotopic (exact) mass is 362 g/mol. The van der Waals surface area contributed by atoms with Crippen LogP contribution in [0.4, 0.5) is 11.4 Å². The van der Waals surface area contributed by atoms with Crippen molar-refractivity contribution in [1.29, 1.82) is 0 Å². The predicted octanol–water partition coefficient (Wildman–Crippen LogP) is 3.66. The van der Waals surface area contributed by atoms with Gasteiger partial charge < -0.3 is 10.1 Å². The summed E-state index contributed by atoms with van der Waals surface area (Å²) in [7, 11) is 0. The Hall–Kier alpha value is -2.93. The third kappa shape index (κ3) is 4.77. The number of nitro benzene ring substituents is 1. The van der Waals surface area contributed by atoms with E-state index in [1.54, 1.807) is 25.1 Å². The molecule has 130 valence electrons. The molecule has 7 nitrogen and oxygen atoms in total. The molecule has 0 aliphatic rings. The lowest BCUT2D eigenvalue weighted by molar-refractivity contribution is -0.385. The SMILES string of the molecule is Cc1cc(Cl)ccc1NC(=O)COC(=O)c1ccc([N+](=O)[O-])c(C)c1. The van der Waals surface area contributed by atoms with E-state index in [-0.39, 0.29) is 11.3 Å². The first-order valence-corrected chi connectivity index (χ1v) is 7.64. The predicted molar refractivity (Wildman–Crippen MR) is 92.9 cm³/mol. The second kappa shape index (κ2) is 7.76. The number of nitrogens with one attached hydrogen (secondary N) is 1. The molecule has 0 aliphatic carbocycles. The zero-order valence-electron chi connectivity index (χ0n) is 13.5. The number of hydrogen-bond acceptors (Lipinski definition) is 5. The minimum Gasteiger partial charge on any atom is -0.452 e. The van der Waals surface area contributed by atoms with Crippen LogP contribution in [-0.2, 0) is 9.53 Å². The van der Waals surface area contributed by atoms with Crippen LogP contribution in [0.2, 0.25) is 5.02 Å². The van der Waals surface area contributed by atoms with E-state index in [1.807, 2.05) is 0 Å². The highest BCUT2D eigenvalue weighted by Crippen LogP contribution is 2.20. The largest absolute Gasteiger partial charge is 0.452 e. The first kappa shape index (κ1) is 18.4. The average molecular weight is 363 g/mol. The summed E-state index contributed by atoms with van der Waals surface area (Å²) in [5.74, 6) is -1.24. The second-order valence-corrected chi connectivity index (χ2v) is 5.78. The molecule has 8 heteroatoms. The molecule has 0 aromatic heterocycles. The Morgan fingerprint density at radius 3 is 2.48 bits per heavy atom. The molecule has 0 spiro atoms. The standard InChI is InChI=1S/C17H15ClN2O5/c1-10-8-13(18)4-5-14(10)19-16(21)9-25-17(22)12-3-6-15(20(23)24)11(2)7-12/h3-8H,9H2,1-2H3,(H,19,21). The van der Waals surface area contributed by atoms with Crippen molar-refractivity contribution in [3.8, 4) is 0 Å². The molecule has 2 aromatic rings. The van der Waals surface area contributed by atoms with E-state index < -0.39 is 23.4 Å². The van der Waals surface area contributed by atoms with Gasteiger partial charge in [-0.25, -0.2) is 4.79 Å². The van der Waals surface area contributed by atoms with Crippen LogP contribution in [0.15, 0.2) is 36.4 Å². The molecule has 0 heterocycles. The van der Waals surface area contributed by atoms with Crippen LogP contribution in [0.25, 0.3) is 0 Å². The van der Waals surface area contributed by atoms with Gasteiger partial charge in [-0.05, 0) is 49.7 Å². The van der Waals surface area contributed by atoms with Crippen molar-refractivity contribution in [2.45, 2.75) is 13.8 Å². The van der Waals surface area contributed by atoms with Crippen LogP contribution in [0.5, 0.6) is 0 Å². The zero-order valence-corrected chi connectivity index (χ0v) is 14.3. The number of rotatable bonds is 5. The van der Waals surface area contributed by atoms with Crippen LogP contribution in [0.1, 0.15) is 21.5 Å². The van der Waals surface area contributed by atoms with Crippen molar-refractivity contribution in [3.05, 3.63) is 68.2 Å². The summed E-state index contributed by atoms with van der Waals surface area (Å²) in [5.41, 5.74) is 1.72. The van der Waals surface area contributed by atoms with Crippen molar-refractivity contribution in [1.82, 2.24) is 0 Å². The lowest BCUT2D eigenvalue weighted by Crippen LogP contribution is -2.21. The fourth-order valence-corrected chi connectivity index (χ4v) is 2.38. The van der Waals surface area contributed by atoms with E-state index in [0.29, 0.717) is 16.3 Å². The number of carbonyl (C=O) groups excluding carboxylic acids is 2. The maximum Gasteiger partial charge on any atom is 0.338 e. The van der Waals surface area contributed by atoms with Gasteiger partial charge in [0.15, 0.2) is 6.61 Å². The molecule has 0 aliphatic heterocycles. The molecular weight excluding hydrogens is 348 g/mol. The van der Waals surface area contributed by atoms with E-state index in [9.17, 15) is 19.7 Å². The molecule has 1 N–H and O–H groups in total. The van der Waals surface area contributed by atoms with E-state index in [2.05, 4.69) is 5.32 Å². The highest BCUT2D eigenvalue weighted by atomic mass is 35.5. The topological polar surface area (TPSA) is 98.5 Å². The number of aryl methyl sites for hydroxylation is 2. The van der Waals surface area contributed by atoms with Crippen molar-refractivity contribution in [3.63, 3.8) is 0 Å². The van der Waals surface area contributed by atoms with Crippen LogP contribution >= 0.6 is 11.6 Å². The molecule has 2 rings (SSSR count). The third-order valence-electron chi connectivity index (χ3n) is 3.43. The van der Waals surface area contributed by atoms with Gasteiger partial charge in [0.05, 0.1) is 10.5 Å². The number of anilines is 1.